The Labute approximate surface area is 79.5 Å². The third-order valence-electron chi connectivity index (χ3n) is 1.47. The van der Waals surface area contributed by atoms with E-state index in [4.69, 9.17) is 10.6 Å². The average Bonchev–Trinajstić information content (AvgIpc) is 2.05. The largest absolute Gasteiger partial charge is 0.496 e. The Morgan fingerprint density at radius 3 is 2.75 bits per heavy atom. The lowest BCUT2D eigenvalue weighted by Gasteiger charge is -2.04. The SMILES string of the molecule is COc1ccc(CON)cc1Br. The highest BCUT2D eigenvalue weighted by molar-refractivity contribution is 9.10. The van der Waals surface area contributed by atoms with Crippen molar-refractivity contribution in [3.8, 4) is 5.75 Å². The topological polar surface area (TPSA) is 44.5 Å². The van der Waals surface area contributed by atoms with Gasteiger partial charge >= 0.3 is 0 Å². The van der Waals surface area contributed by atoms with E-state index < -0.39 is 0 Å². The second-order valence-electron chi connectivity index (χ2n) is 2.28. The van der Waals surface area contributed by atoms with Crippen LogP contribution in [-0.2, 0) is 11.4 Å². The molecule has 0 bridgehead atoms. The highest BCUT2D eigenvalue weighted by atomic mass is 79.9. The first kappa shape index (κ1) is 9.51. The molecule has 3 nitrogen and oxygen atoms in total. The number of hydrogen-bond donors (Lipinski definition) is 1. The van der Waals surface area contributed by atoms with Gasteiger partial charge in [0.05, 0.1) is 18.2 Å². The molecular weight excluding hydrogens is 222 g/mol. The molecule has 0 aliphatic carbocycles. The molecule has 12 heavy (non-hydrogen) atoms. The lowest BCUT2D eigenvalue weighted by Crippen LogP contribution is -1.98. The summed E-state index contributed by atoms with van der Waals surface area (Å²) in [7, 11) is 1.62. The summed E-state index contributed by atoms with van der Waals surface area (Å²) in [5.74, 6) is 5.74. The maximum Gasteiger partial charge on any atom is 0.133 e. The fourth-order valence-electron chi connectivity index (χ4n) is 0.896. The predicted molar refractivity (Wildman–Crippen MR) is 49.7 cm³/mol. The molecule has 0 aliphatic heterocycles. The Morgan fingerprint density at radius 2 is 2.25 bits per heavy atom. The Balaban J connectivity index is 2.86. The number of ether oxygens (including phenoxy) is 1. The summed E-state index contributed by atoms with van der Waals surface area (Å²) >= 11 is 3.36. The summed E-state index contributed by atoms with van der Waals surface area (Å²) < 4.78 is 5.96. The van der Waals surface area contributed by atoms with E-state index in [0.717, 1.165) is 15.8 Å². The molecule has 0 aliphatic rings. The molecular formula is C8H10BrNO2. The molecule has 0 radical (unpaired) electrons. The smallest absolute Gasteiger partial charge is 0.133 e. The molecule has 0 unspecified atom stereocenters. The van der Waals surface area contributed by atoms with E-state index in [0.29, 0.717) is 6.61 Å². The monoisotopic (exact) mass is 231 g/mol. The third-order valence-corrected chi connectivity index (χ3v) is 2.09. The van der Waals surface area contributed by atoms with Gasteiger partial charge in [-0.05, 0) is 33.6 Å². The van der Waals surface area contributed by atoms with Crippen LogP contribution in [0.5, 0.6) is 5.75 Å². The molecule has 0 fully saturated rings. The van der Waals surface area contributed by atoms with Gasteiger partial charge in [0.1, 0.15) is 5.75 Å². The molecule has 1 aromatic rings. The molecule has 0 atom stereocenters. The van der Waals surface area contributed by atoms with Crippen molar-refractivity contribution in [3.63, 3.8) is 0 Å². The van der Waals surface area contributed by atoms with Crippen molar-refractivity contribution >= 4 is 15.9 Å². The third kappa shape index (κ3) is 2.20. The molecule has 4 heteroatoms. The van der Waals surface area contributed by atoms with Crippen molar-refractivity contribution in [2.24, 2.45) is 5.90 Å². The Bertz CT molecular complexity index is 265. The Kier molecular flexibility index (Phi) is 3.52. The number of rotatable bonds is 3. The maximum absolute atomic E-state index is 5.06. The zero-order valence-electron chi connectivity index (χ0n) is 6.71. The van der Waals surface area contributed by atoms with E-state index in [1.165, 1.54) is 0 Å². The Morgan fingerprint density at radius 1 is 1.50 bits per heavy atom. The molecule has 0 spiro atoms. The number of nitrogens with two attached hydrogens (primary N) is 1. The fraction of sp³-hybridized carbons (Fsp3) is 0.250. The van der Waals surface area contributed by atoms with Crippen molar-refractivity contribution in [2.45, 2.75) is 6.61 Å². The summed E-state index contributed by atoms with van der Waals surface area (Å²) in [5, 5.41) is 0. The van der Waals surface area contributed by atoms with E-state index in [-0.39, 0.29) is 0 Å². The van der Waals surface area contributed by atoms with Gasteiger partial charge in [0, 0.05) is 0 Å². The fourth-order valence-corrected chi connectivity index (χ4v) is 1.48. The summed E-state index contributed by atoms with van der Waals surface area (Å²) in [4.78, 5) is 4.49. The molecule has 66 valence electrons. The maximum atomic E-state index is 5.06. The normalized spacial score (nSPS) is 9.92. The number of hydrogen-bond acceptors (Lipinski definition) is 3. The van der Waals surface area contributed by atoms with Crippen LogP contribution in [0.4, 0.5) is 0 Å². The minimum atomic E-state index is 0.405. The summed E-state index contributed by atoms with van der Waals surface area (Å²) in [5.41, 5.74) is 1.00. The van der Waals surface area contributed by atoms with Gasteiger partial charge in [-0.15, -0.1) is 0 Å². The van der Waals surface area contributed by atoms with Crippen molar-refractivity contribution in [1.29, 1.82) is 0 Å². The number of halogens is 1. The lowest BCUT2D eigenvalue weighted by atomic mass is 10.2. The molecule has 1 aromatic carbocycles. The first-order valence-corrected chi connectivity index (χ1v) is 4.21. The van der Waals surface area contributed by atoms with Gasteiger partial charge in [0.2, 0.25) is 0 Å². The van der Waals surface area contributed by atoms with Crippen LogP contribution in [0.25, 0.3) is 0 Å². The number of benzene rings is 1. The highest BCUT2D eigenvalue weighted by Crippen LogP contribution is 2.25. The molecule has 0 heterocycles. The summed E-state index contributed by atoms with van der Waals surface area (Å²) in [6.45, 7) is 0.405. The average molecular weight is 232 g/mol. The molecule has 0 aromatic heterocycles. The van der Waals surface area contributed by atoms with Gasteiger partial charge in [-0.2, -0.15) is 0 Å². The van der Waals surface area contributed by atoms with Crippen LogP contribution in [0.15, 0.2) is 22.7 Å². The standard InChI is InChI=1S/C8H10BrNO2/c1-11-8-3-2-6(5-12-10)4-7(8)9/h2-4H,5,10H2,1H3. The second kappa shape index (κ2) is 4.45. The van der Waals surface area contributed by atoms with Gasteiger partial charge in [0.25, 0.3) is 0 Å². The summed E-state index contributed by atoms with van der Waals surface area (Å²) in [6.07, 6.45) is 0. The van der Waals surface area contributed by atoms with Crippen molar-refractivity contribution in [1.82, 2.24) is 0 Å². The van der Waals surface area contributed by atoms with Gasteiger partial charge in [-0.1, -0.05) is 6.07 Å². The van der Waals surface area contributed by atoms with Gasteiger partial charge in [0.15, 0.2) is 0 Å². The first-order valence-electron chi connectivity index (χ1n) is 3.42. The minimum absolute atomic E-state index is 0.405. The molecule has 0 saturated heterocycles. The quantitative estimate of drug-likeness (QED) is 0.808. The number of methoxy groups -OCH3 is 1. The van der Waals surface area contributed by atoms with Crippen LogP contribution in [0, 0.1) is 0 Å². The van der Waals surface area contributed by atoms with E-state index in [1.54, 1.807) is 7.11 Å². The van der Waals surface area contributed by atoms with Gasteiger partial charge in [-0.25, -0.2) is 5.90 Å². The van der Waals surface area contributed by atoms with Gasteiger partial charge < -0.3 is 4.74 Å². The molecule has 1 rings (SSSR count). The van der Waals surface area contributed by atoms with Crippen molar-refractivity contribution in [2.75, 3.05) is 7.11 Å². The van der Waals surface area contributed by atoms with Crippen LogP contribution in [0.3, 0.4) is 0 Å². The highest BCUT2D eigenvalue weighted by Gasteiger charge is 2.00. The zero-order chi connectivity index (χ0) is 8.97. The predicted octanol–water partition coefficient (Wildman–Crippen LogP) is 1.85. The van der Waals surface area contributed by atoms with E-state index in [1.807, 2.05) is 18.2 Å². The molecule has 2 N–H and O–H groups in total. The Hall–Kier alpha value is -0.580. The van der Waals surface area contributed by atoms with Gasteiger partial charge in [-0.3, -0.25) is 4.84 Å². The second-order valence-corrected chi connectivity index (χ2v) is 3.13. The van der Waals surface area contributed by atoms with Crippen LogP contribution in [0.2, 0.25) is 0 Å². The van der Waals surface area contributed by atoms with Crippen molar-refractivity contribution in [3.05, 3.63) is 28.2 Å². The van der Waals surface area contributed by atoms with Crippen LogP contribution >= 0.6 is 15.9 Å². The van der Waals surface area contributed by atoms with Crippen molar-refractivity contribution < 1.29 is 9.57 Å². The molecule has 0 saturated carbocycles. The van der Waals surface area contributed by atoms with E-state index >= 15 is 0 Å². The summed E-state index contributed by atoms with van der Waals surface area (Å²) in [6, 6.07) is 5.67. The first-order chi connectivity index (χ1) is 5.77. The van der Waals surface area contributed by atoms with E-state index in [9.17, 15) is 0 Å². The van der Waals surface area contributed by atoms with Crippen LogP contribution in [-0.4, -0.2) is 7.11 Å². The molecule has 0 amide bonds. The van der Waals surface area contributed by atoms with E-state index in [2.05, 4.69) is 20.8 Å². The van der Waals surface area contributed by atoms with Crippen LogP contribution < -0.4 is 10.6 Å². The zero-order valence-corrected chi connectivity index (χ0v) is 8.30. The minimum Gasteiger partial charge on any atom is -0.496 e. The van der Waals surface area contributed by atoms with Crippen LogP contribution in [0.1, 0.15) is 5.56 Å². The lowest BCUT2D eigenvalue weighted by molar-refractivity contribution is 0.124.